The molecule has 7 nitrogen and oxygen atoms in total. The molecule has 0 aliphatic carbocycles. The first-order valence-electron chi connectivity index (χ1n) is 7.87. The summed E-state index contributed by atoms with van der Waals surface area (Å²) in [5.41, 5.74) is 0.747. The van der Waals surface area contributed by atoms with Gasteiger partial charge in [0.2, 0.25) is 0 Å². The van der Waals surface area contributed by atoms with Gasteiger partial charge in [0.05, 0.1) is 17.1 Å². The van der Waals surface area contributed by atoms with Gasteiger partial charge in [0.15, 0.2) is 11.5 Å². The van der Waals surface area contributed by atoms with E-state index in [-0.39, 0.29) is 23.2 Å². The molecule has 3 aromatic rings. The lowest BCUT2D eigenvalue weighted by Crippen LogP contribution is -2.32. The van der Waals surface area contributed by atoms with Crippen molar-refractivity contribution in [3.8, 4) is 0 Å². The van der Waals surface area contributed by atoms with E-state index in [1.54, 1.807) is 29.2 Å². The summed E-state index contributed by atoms with van der Waals surface area (Å²) in [5.74, 6) is 0.478. The van der Waals surface area contributed by atoms with Crippen molar-refractivity contribution in [2.75, 3.05) is 6.54 Å². The predicted molar refractivity (Wildman–Crippen MR) is 86.6 cm³/mol. The number of carbonyl (C=O) groups is 1. The number of H-pyrrole nitrogens is 1. The van der Waals surface area contributed by atoms with Gasteiger partial charge in [-0.15, -0.1) is 0 Å². The van der Waals surface area contributed by atoms with E-state index in [0.29, 0.717) is 23.1 Å². The topological polar surface area (TPSA) is 92.1 Å². The van der Waals surface area contributed by atoms with Gasteiger partial charge in [-0.3, -0.25) is 9.59 Å². The molecule has 0 bridgehead atoms. The zero-order valence-corrected chi connectivity index (χ0v) is 13.2. The Morgan fingerprint density at radius 1 is 1.33 bits per heavy atom. The van der Waals surface area contributed by atoms with Gasteiger partial charge in [0.25, 0.3) is 11.5 Å². The monoisotopic (exact) mass is 324 g/mol. The summed E-state index contributed by atoms with van der Waals surface area (Å²) in [5, 5.41) is 11.4. The molecule has 1 aliphatic heterocycles. The highest BCUT2D eigenvalue weighted by atomic mass is 16.5. The highest BCUT2D eigenvalue weighted by Gasteiger charge is 2.34. The van der Waals surface area contributed by atoms with Gasteiger partial charge in [-0.05, 0) is 25.8 Å². The molecular formula is C17H16N4O3. The van der Waals surface area contributed by atoms with Gasteiger partial charge >= 0.3 is 0 Å². The van der Waals surface area contributed by atoms with Crippen molar-refractivity contribution in [3.63, 3.8) is 0 Å². The van der Waals surface area contributed by atoms with Crippen molar-refractivity contribution in [1.29, 1.82) is 0 Å². The van der Waals surface area contributed by atoms with Crippen molar-refractivity contribution >= 4 is 16.7 Å². The van der Waals surface area contributed by atoms with Crippen LogP contribution in [0.15, 0.2) is 39.6 Å². The first kappa shape index (κ1) is 14.6. The summed E-state index contributed by atoms with van der Waals surface area (Å²) in [6.07, 6.45) is 1.71. The lowest BCUT2D eigenvalue weighted by Gasteiger charge is -2.22. The first-order valence-corrected chi connectivity index (χ1v) is 7.87. The fourth-order valence-electron chi connectivity index (χ4n) is 3.26. The number of aromatic nitrogens is 3. The maximum Gasteiger partial charge on any atom is 0.275 e. The van der Waals surface area contributed by atoms with Crippen molar-refractivity contribution in [2.45, 2.75) is 25.8 Å². The molecule has 3 heterocycles. The van der Waals surface area contributed by atoms with E-state index in [1.165, 1.54) is 0 Å². The smallest absolute Gasteiger partial charge is 0.275 e. The Balaban J connectivity index is 1.76. The van der Waals surface area contributed by atoms with E-state index in [4.69, 9.17) is 4.52 Å². The number of nitrogens with zero attached hydrogens (tertiary/aromatic N) is 3. The SMILES string of the molecule is Cc1cc(C2CCCN2C(=O)c2n[nH]c(=O)c3ccccc23)on1. The van der Waals surface area contributed by atoms with Crippen LogP contribution in [-0.4, -0.2) is 32.7 Å². The van der Waals surface area contributed by atoms with Crippen LogP contribution in [-0.2, 0) is 0 Å². The Labute approximate surface area is 137 Å². The zero-order valence-electron chi connectivity index (χ0n) is 13.2. The summed E-state index contributed by atoms with van der Waals surface area (Å²) in [6, 6.07) is 8.70. The minimum atomic E-state index is -0.300. The van der Waals surface area contributed by atoms with E-state index in [0.717, 1.165) is 18.5 Å². The Kier molecular flexibility index (Phi) is 3.41. The molecule has 0 spiro atoms. The van der Waals surface area contributed by atoms with Gasteiger partial charge in [0, 0.05) is 18.0 Å². The molecule has 1 aromatic carbocycles. The minimum absolute atomic E-state index is 0.147. The summed E-state index contributed by atoms with van der Waals surface area (Å²) < 4.78 is 5.35. The maximum absolute atomic E-state index is 13.0. The normalized spacial score (nSPS) is 17.5. The Morgan fingerprint density at radius 2 is 2.12 bits per heavy atom. The molecule has 122 valence electrons. The number of aromatic amines is 1. The van der Waals surface area contributed by atoms with Crippen LogP contribution < -0.4 is 5.56 Å². The van der Waals surface area contributed by atoms with Gasteiger partial charge in [-0.25, -0.2) is 5.10 Å². The molecule has 1 atom stereocenters. The lowest BCUT2D eigenvalue weighted by molar-refractivity contribution is 0.0709. The molecule has 1 fully saturated rings. The highest BCUT2D eigenvalue weighted by Crippen LogP contribution is 2.33. The molecule has 0 saturated carbocycles. The number of likely N-dealkylation sites (tertiary alicyclic amines) is 1. The van der Waals surface area contributed by atoms with Crippen LogP contribution in [0.3, 0.4) is 0 Å². The predicted octanol–water partition coefficient (Wildman–Crippen LogP) is 2.20. The third kappa shape index (κ3) is 2.29. The van der Waals surface area contributed by atoms with E-state index >= 15 is 0 Å². The number of hydrogen-bond acceptors (Lipinski definition) is 5. The van der Waals surface area contributed by atoms with Gasteiger partial charge in [0.1, 0.15) is 0 Å². The van der Waals surface area contributed by atoms with Crippen LogP contribution >= 0.6 is 0 Å². The van der Waals surface area contributed by atoms with Crippen LogP contribution in [0.2, 0.25) is 0 Å². The number of fused-ring (bicyclic) bond motifs is 1. The van der Waals surface area contributed by atoms with Crippen LogP contribution in [0.1, 0.15) is 40.8 Å². The summed E-state index contributed by atoms with van der Waals surface area (Å²) in [6.45, 7) is 2.48. The second kappa shape index (κ2) is 5.59. The van der Waals surface area contributed by atoms with Crippen molar-refractivity contribution < 1.29 is 9.32 Å². The number of hydrogen-bond donors (Lipinski definition) is 1. The van der Waals surface area contributed by atoms with Gasteiger partial charge < -0.3 is 9.42 Å². The third-order valence-corrected chi connectivity index (χ3v) is 4.39. The third-order valence-electron chi connectivity index (χ3n) is 4.39. The van der Waals surface area contributed by atoms with Crippen molar-refractivity contribution in [2.24, 2.45) is 0 Å². The molecule has 4 rings (SSSR count). The summed E-state index contributed by atoms with van der Waals surface area (Å²) in [4.78, 5) is 26.7. The largest absolute Gasteiger partial charge is 0.359 e. The summed E-state index contributed by atoms with van der Waals surface area (Å²) >= 11 is 0. The van der Waals surface area contributed by atoms with Crippen LogP contribution in [0.25, 0.3) is 10.8 Å². The molecule has 1 unspecified atom stereocenters. The minimum Gasteiger partial charge on any atom is -0.359 e. The van der Waals surface area contributed by atoms with E-state index < -0.39 is 0 Å². The molecule has 0 radical (unpaired) electrons. The second-order valence-corrected chi connectivity index (χ2v) is 5.97. The van der Waals surface area contributed by atoms with E-state index in [9.17, 15) is 9.59 Å². The lowest BCUT2D eigenvalue weighted by atomic mass is 10.1. The second-order valence-electron chi connectivity index (χ2n) is 5.97. The highest BCUT2D eigenvalue weighted by molar-refractivity contribution is 6.04. The average Bonchev–Trinajstić information content (AvgIpc) is 3.23. The van der Waals surface area contributed by atoms with Gasteiger partial charge in [-0.1, -0.05) is 23.4 Å². The molecule has 24 heavy (non-hydrogen) atoms. The Morgan fingerprint density at radius 3 is 2.88 bits per heavy atom. The Hall–Kier alpha value is -2.96. The zero-order chi connectivity index (χ0) is 16.7. The van der Waals surface area contributed by atoms with Crippen LogP contribution in [0.5, 0.6) is 0 Å². The number of benzene rings is 1. The average molecular weight is 324 g/mol. The van der Waals surface area contributed by atoms with Crippen LogP contribution in [0.4, 0.5) is 0 Å². The number of nitrogens with one attached hydrogen (secondary N) is 1. The van der Waals surface area contributed by atoms with Crippen molar-refractivity contribution in [1.82, 2.24) is 20.3 Å². The number of amides is 1. The number of rotatable bonds is 2. The standard InChI is InChI=1S/C17H16N4O3/c1-10-9-14(24-20-10)13-7-4-8-21(13)17(23)15-11-5-2-3-6-12(11)16(22)19-18-15/h2-3,5-6,9,13H,4,7-8H2,1H3,(H,19,22). The van der Waals surface area contributed by atoms with Crippen LogP contribution in [0, 0.1) is 6.92 Å². The fourth-order valence-corrected chi connectivity index (χ4v) is 3.26. The molecule has 1 aliphatic rings. The first-order chi connectivity index (χ1) is 11.6. The molecule has 7 heteroatoms. The van der Waals surface area contributed by atoms with Gasteiger partial charge in [-0.2, -0.15) is 5.10 Å². The molecule has 1 amide bonds. The van der Waals surface area contributed by atoms with Crippen molar-refractivity contribution in [3.05, 3.63) is 57.8 Å². The Bertz CT molecular complexity index is 975. The summed E-state index contributed by atoms with van der Waals surface area (Å²) in [7, 11) is 0. The quantitative estimate of drug-likeness (QED) is 0.780. The molecule has 1 N–H and O–H groups in total. The molecule has 1 saturated heterocycles. The number of carbonyl (C=O) groups excluding carboxylic acids is 1. The molecular weight excluding hydrogens is 308 g/mol. The maximum atomic E-state index is 13.0. The fraction of sp³-hybridized carbons (Fsp3) is 0.294. The molecule has 2 aromatic heterocycles. The van der Waals surface area contributed by atoms with E-state index in [1.807, 2.05) is 13.0 Å². The number of aryl methyl sites for hydroxylation is 1. The van der Waals surface area contributed by atoms with E-state index in [2.05, 4.69) is 15.4 Å².